The molecule has 1 aromatic rings. The van der Waals surface area contributed by atoms with Crippen LogP contribution in [0.15, 0.2) is 18.2 Å². The maximum atomic E-state index is 11.3. The number of aryl methyl sites for hydroxylation is 1. The van der Waals surface area contributed by atoms with Crippen LogP contribution in [0, 0.1) is 6.92 Å². The zero-order valence-electron chi connectivity index (χ0n) is 8.43. The van der Waals surface area contributed by atoms with Crippen molar-refractivity contribution < 1.29 is 4.79 Å². The minimum atomic E-state index is 0.0536. The molecular weight excluding hydrogens is 198 g/mol. The highest BCUT2D eigenvalue weighted by Crippen LogP contribution is 2.19. The monoisotopic (exact) mass is 211 g/mol. The van der Waals surface area contributed by atoms with Gasteiger partial charge in [-0.2, -0.15) is 0 Å². The second kappa shape index (κ2) is 5.01. The number of hydrogen-bond acceptors (Lipinski definition) is 1. The number of amides is 1. The predicted octanol–water partition coefficient (Wildman–Crippen LogP) is 3.39. The van der Waals surface area contributed by atoms with E-state index >= 15 is 0 Å². The van der Waals surface area contributed by atoms with Crippen molar-refractivity contribution in [2.24, 2.45) is 0 Å². The van der Waals surface area contributed by atoms with Crippen molar-refractivity contribution in [1.29, 1.82) is 0 Å². The fourth-order valence-electron chi connectivity index (χ4n) is 1.21. The van der Waals surface area contributed by atoms with Crippen LogP contribution < -0.4 is 5.32 Å². The number of benzene rings is 1. The molecule has 0 aromatic heterocycles. The molecule has 0 bridgehead atoms. The topological polar surface area (TPSA) is 29.1 Å². The molecule has 3 heteroatoms. The summed E-state index contributed by atoms with van der Waals surface area (Å²) in [7, 11) is 0. The number of hydrogen-bond donors (Lipinski definition) is 1. The molecule has 1 rings (SSSR count). The third-order valence-corrected chi connectivity index (χ3v) is 2.17. The van der Waals surface area contributed by atoms with Crippen molar-refractivity contribution in [3.63, 3.8) is 0 Å². The van der Waals surface area contributed by atoms with E-state index in [1.54, 1.807) is 6.07 Å². The summed E-state index contributed by atoms with van der Waals surface area (Å²) in [5.41, 5.74) is 1.83. The summed E-state index contributed by atoms with van der Waals surface area (Å²) in [4.78, 5) is 11.3. The first-order valence-corrected chi connectivity index (χ1v) is 5.07. The summed E-state index contributed by atoms with van der Waals surface area (Å²) in [5, 5.41) is 3.53. The Morgan fingerprint density at radius 1 is 1.50 bits per heavy atom. The molecule has 0 aliphatic carbocycles. The first-order chi connectivity index (χ1) is 6.63. The molecule has 14 heavy (non-hydrogen) atoms. The fraction of sp³-hybridized carbons (Fsp3) is 0.364. The van der Waals surface area contributed by atoms with Crippen LogP contribution in [0.1, 0.15) is 25.3 Å². The molecule has 2 nitrogen and oxygen atoms in total. The highest BCUT2D eigenvalue weighted by molar-refractivity contribution is 6.30. The van der Waals surface area contributed by atoms with E-state index in [4.69, 9.17) is 11.6 Å². The molecule has 0 unspecified atom stereocenters. The van der Waals surface area contributed by atoms with Crippen LogP contribution in [0.25, 0.3) is 0 Å². The minimum Gasteiger partial charge on any atom is -0.326 e. The Balaban J connectivity index is 2.72. The molecule has 1 N–H and O–H groups in total. The lowest BCUT2D eigenvalue weighted by atomic mass is 10.2. The second-order valence-corrected chi connectivity index (χ2v) is 3.69. The molecule has 0 radical (unpaired) electrons. The van der Waals surface area contributed by atoms with Gasteiger partial charge >= 0.3 is 0 Å². The standard InChI is InChI=1S/C11H14ClNO/c1-3-4-11(14)13-10-6-5-9(12)7-8(10)2/h5-7H,3-4H2,1-2H3,(H,13,14). The molecule has 1 aromatic carbocycles. The van der Waals surface area contributed by atoms with Gasteiger partial charge in [-0.15, -0.1) is 0 Å². The summed E-state index contributed by atoms with van der Waals surface area (Å²) < 4.78 is 0. The van der Waals surface area contributed by atoms with E-state index in [-0.39, 0.29) is 5.91 Å². The van der Waals surface area contributed by atoms with Gasteiger partial charge in [-0.05, 0) is 37.1 Å². The van der Waals surface area contributed by atoms with E-state index in [1.807, 2.05) is 26.0 Å². The second-order valence-electron chi connectivity index (χ2n) is 3.26. The molecule has 0 spiro atoms. The minimum absolute atomic E-state index is 0.0536. The van der Waals surface area contributed by atoms with Crippen molar-refractivity contribution in [2.45, 2.75) is 26.7 Å². The number of carbonyl (C=O) groups excluding carboxylic acids is 1. The van der Waals surface area contributed by atoms with Gasteiger partial charge in [-0.3, -0.25) is 4.79 Å². The molecular formula is C11H14ClNO. The van der Waals surface area contributed by atoms with Gasteiger partial charge in [0.25, 0.3) is 0 Å². The maximum absolute atomic E-state index is 11.3. The molecule has 0 saturated carbocycles. The van der Waals surface area contributed by atoms with Crippen LogP contribution >= 0.6 is 11.6 Å². The Kier molecular flexibility index (Phi) is 3.96. The van der Waals surface area contributed by atoms with E-state index in [2.05, 4.69) is 5.32 Å². The summed E-state index contributed by atoms with van der Waals surface area (Å²) >= 11 is 5.80. The van der Waals surface area contributed by atoms with E-state index in [0.717, 1.165) is 17.7 Å². The zero-order chi connectivity index (χ0) is 10.6. The van der Waals surface area contributed by atoms with E-state index < -0.39 is 0 Å². The Morgan fingerprint density at radius 2 is 2.21 bits per heavy atom. The average Bonchev–Trinajstić information content (AvgIpc) is 2.10. The van der Waals surface area contributed by atoms with E-state index in [9.17, 15) is 4.79 Å². The molecule has 0 fully saturated rings. The Labute approximate surface area is 89.3 Å². The SMILES string of the molecule is CCCC(=O)Nc1ccc(Cl)cc1C. The Hall–Kier alpha value is -1.02. The average molecular weight is 212 g/mol. The number of anilines is 1. The predicted molar refractivity (Wildman–Crippen MR) is 59.7 cm³/mol. The van der Waals surface area contributed by atoms with Gasteiger partial charge < -0.3 is 5.32 Å². The quantitative estimate of drug-likeness (QED) is 0.816. The zero-order valence-corrected chi connectivity index (χ0v) is 9.19. The lowest BCUT2D eigenvalue weighted by molar-refractivity contribution is -0.116. The van der Waals surface area contributed by atoms with Crippen LogP contribution in [-0.4, -0.2) is 5.91 Å². The van der Waals surface area contributed by atoms with Crippen LogP contribution in [0.5, 0.6) is 0 Å². The Bertz CT molecular complexity index is 336. The fourth-order valence-corrected chi connectivity index (χ4v) is 1.43. The molecule has 76 valence electrons. The van der Waals surface area contributed by atoms with Gasteiger partial charge in [0.2, 0.25) is 5.91 Å². The lowest BCUT2D eigenvalue weighted by Gasteiger charge is -2.07. The summed E-state index contributed by atoms with van der Waals surface area (Å²) in [6.45, 7) is 3.90. The largest absolute Gasteiger partial charge is 0.326 e. The normalized spacial score (nSPS) is 9.93. The summed E-state index contributed by atoms with van der Waals surface area (Å²) in [6, 6.07) is 5.43. The molecule has 0 aliphatic rings. The van der Waals surface area contributed by atoms with E-state index in [0.29, 0.717) is 11.4 Å². The summed E-state index contributed by atoms with van der Waals surface area (Å²) in [5.74, 6) is 0.0536. The smallest absolute Gasteiger partial charge is 0.224 e. The van der Waals surface area contributed by atoms with Gasteiger partial charge in [-0.25, -0.2) is 0 Å². The van der Waals surface area contributed by atoms with Crippen molar-refractivity contribution in [3.8, 4) is 0 Å². The van der Waals surface area contributed by atoms with Gasteiger partial charge in [0.05, 0.1) is 0 Å². The molecule has 0 atom stereocenters. The third-order valence-electron chi connectivity index (χ3n) is 1.94. The highest BCUT2D eigenvalue weighted by Gasteiger charge is 2.03. The summed E-state index contributed by atoms with van der Waals surface area (Å²) in [6.07, 6.45) is 1.42. The van der Waals surface area contributed by atoms with Crippen molar-refractivity contribution in [3.05, 3.63) is 28.8 Å². The first kappa shape index (κ1) is 11.1. The van der Waals surface area contributed by atoms with Crippen molar-refractivity contribution in [1.82, 2.24) is 0 Å². The van der Waals surface area contributed by atoms with Crippen molar-refractivity contribution in [2.75, 3.05) is 5.32 Å². The van der Waals surface area contributed by atoms with Gasteiger partial charge in [0.15, 0.2) is 0 Å². The number of nitrogens with one attached hydrogen (secondary N) is 1. The number of carbonyl (C=O) groups is 1. The van der Waals surface area contributed by atoms with Crippen LogP contribution in [0.2, 0.25) is 5.02 Å². The highest BCUT2D eigenvalue weighted by atomic mass is 35.5. The molecule has 0 saturated heterocycles. The maximum Gasteiger partial charge on any atom is 0.224 e. The number of halogens is 1. The van der Waals surface area contributed by atoms with Crippen LogP contribution in [-0.2, 0) is 4.79 Å². The third kappa shape index (κ3) is 3.04. The first-order valence-electron chi connectivity index (χ1n) is 4.69. The molecule has 1 amide bonds. The van der Waals surface area contributed by atoms with E-state index in [1.165, 1.54) is 0 Å². The Morgan fingerprint density at radius 3 is 2.79 bits per heavy atom. The lowest BCUT2D eigenvalue weighted by Crippen LogP contribution is -2.11. The van der Waals surface area contributed by atoms with Gasteiger partial charge in [-0.1, -0.05) is 18.5 Å². The molecule has 0 heterocycles. The number of rotatable bonds is 3. The van der Waals surface area contributed by atoms with Crippen LogP contribution in [0.4, 0.5) is 5.69 Å². The molecule has 0 aliphatic heterocycles. The van der Waals surface area contributed by atoms with Gasteiger partial charge in [0, 0.05) is 17.1 Å². The van der Waals surface area contributed by atoms with Crippen LogP contribution in [0.3, 0.4) is 0 Å². The van der Waals surface area contributed by atoms with Gasteiger partial charge in [0.1, 0.15) is 0 Å². The van der Waals surface area contributed by atoms with Crippen molar-refractivity contribution >= 4 is 23.2 Å².